The standard InChI is InChI=1S/C24H19N3O2S2/c1-15-13-31-24(26-15)20(12-25)22(28)14-30-23-11-19(16-6-4-3-5-7-16)18-9-8-17(29-2)10-21(18)27-23/h3-11,13,20H,14H2,1-2H3. The minimum atomic E-state index is -0.847. The number of methoxy groups -OCH3 is 1. The lowest BCUT2D eigenvalue weighted by atomic mass is 10.0. The van der Waals surface area contributed by atoms with Crippen LogP contribution in [-0.2, 0) is 4.79 Å². The van der Waals surface area contributed by atoms with Crippen molar-refractivity contribution in [2.45, 2.75) is 17.9 Å². The van der Waals surface area contributed by atoms with Gasteiger partial charge in [-0.3, -0.25) is 4.79 Å². The number of carbonyl (C=O) groups is 1. The highest BCUT2D eigenvalue weighted by atomic mass is 32.2. The lowest BCUT2D eigenvalue weighted by Gasteiger charge is -2.11. The van der Waals surface area contributed by atoms with E-state index in [1.165, 1.54) is 23.1 Å². The molecule has 0 N–H and O–H groups in total. The average molecular weight is 446 g/mol. The van der Waals surface area contributed by atoms with E-state index in [2.05, 4.69) is 23.2 Å². The van der Waals surface area contributed by atoms with Crippen LogP contribution in [0.25, 0.3) is 22.0 Å². The number of benzene rings is 2. The second-order valence-corrected chi connectivity index (χ2v) is 8.79. The molecule has 4 rings (SSSR count). The molecule has 0 aliphatic rings. The fraction of sp³-hybridized carbons (Fsp3) is 0.167. The molecule has 0 saturated carbocycles. The summed E-state index contributed by atoms with van der Waals surface area (Å²) in [5, 5.41) is 13.6. The van der Waals surface area contributed by atoms with Gasteiger partial charge >= 0.3 is 0 Å². The van der Waals surface area contributed by atoms with Crippen molar-refractivity contribution in [3.63, 3.8) is 0 Å². The van der Waals surface area contributed by atoms with Crippen molar-refractivity contribution >= 4 is 39.8 Å². The number of pyridine rings is 1. The third-order valence-corrected chi connectivity index (χ3v) is 6.74. The number of aromatic nitrogens is 2. The van der Waals surface area contributed by atoms with E-state index in [4.69, 9.17) is 9.72 Å². The van der Waals surface area contributed by atoms with Crippen LogP contribution in [0.5, 0.6) is 5.75 Å². The maximum absolute atomic E-state index is 12.8. The van der Waals surface area contributed by atoms with Crippen molar-refractivity contribution in [1.29, 1.82) is 5.26 Å². The topological polar surface area (TPSA) is 75.9 Å². The van der Waals surface area contributed by atoms with Crippen molar-refractivity contribution < 1.29 is 9.53 Å². The first-order chi connectivity index (χ1) is 15.1. The SMILES string of the molecule is COc1ccc2c(-c3ccccc3)cc(SCC(=O)C(C#N)c3nc(C)cs3)nc2c1. The van der Waals surface area contributed by atoms with Crippen LogP contribution in [0.4, 0.5) is 0 Å². The Morgan fingerprint density at radius 2 is 2.00 bits per heavy atom. The molecule has 0 radical (unpaired) electrons. The van der Waals surface area contributed by atoms with E-state index >= 15 is 0 Å². The molecule has 2 heterocycles. The maximum atomic E-state index is 12.8. The molecule has 1 atom stereocenters. The van der Waals surface area contributed by atoms with Gasteiger partial charge in [-0.15, -0.1) is 11.3 Å². The van der Waals surface area contributed by atoms with E-state index in [0.717, 1.165) is 38.5 Å². The largest absolute Gasteiger partial charge is 0.497 e. The van der Waals surface area contributed by atoms with Crippen molar-refractivity contribution in [2.24, 2.45) is 0 Å². The van der Waals surface area contributed by atoms with Gasteiger partial charge in [-0.05, 0) is 36.2 Å². The number of ketones is 1. The number of nitrogens with zero attached hydrogens (tertiary/aromatic N) is 3. The monoisotopic (exact) mass is 445 g/mol. The van der Waals surface area contributed by atoms with Crippen LogP contribution < -0.4 is 4.74 Å². The van der Waals surface area contributed by atoms with E-state index in [1.54, 1.807) is 7.11 Å². The molecule has 154 valence electrons. The van der Waals surface area contributed by atoms with Gasteiger partial charge in [0.05, 0.1) is 29.5 Å². The number of thiazole rings is 1. The highest BCUT2D eigenvalue weighted by Crippen LogP contribution is 2.34. The minimum Gasteiger partial charge on any atom is -0.497 e. The van der Waals surface area contributed by atoms with Gasteiger partial charge in [-0.1, -0.05) is 42.1 Å². The molecular formula is C24H19N3O2S2. The molecule has 1 unspecified atom stereocenters. The van der Waals surface area contributed by atoms with Gasteiger partial charge in [0.15, 0.2) is 11.7 Å². The van der Waals surface area contributed by atoms with Gasteiger partial charge in [0.1, 0.15) is 10.8 Å². The number of carbonyl (C=O) groups excluding carboxylic acids is 1. The first-order valence-corrected chi connectivity index (χ1v) is 11.5. The summed E-state index contributed by atoms with van der Waals surface area (Å²) >= 11 is 2.68. The fourth-order valence-corrected chi connectivity index (χ4v) is 4.92. The molecule has 7 heteroatoms. The van der Waals surface area contributed by atoms with Gasteiger partial charge in [0, 0.05) is 22.5 Å². The number of hydrogen-bond donors (Lipinski definition) is 0. The lowest BCUT2D eigenvalue weighted by molar-refractivity contribution is -0.116. The zero-order valence-electron chi connectivity index (χ0n) is 17.0. The number of fused-ring (bicyclic) bond motifs is 1. The Bertz CT molecular complexity index is 1280. The zero-order chi connectivity index (χ0) is 21.8. The summed E-state index contributed by atoms with van der Waals surface area (Å²) in [6.45, 7) is 1.85. The normalized spacial score (nSPS) is 11.8. The average Bonchev–Trinajstić information content (AvgIpc) is 3.23. The third kappa shape index (κ3) is 4.61. The summed E-state index contributed by atoms with van der Waals surface area (Å²) in [7, 11) is 1.62. The quantitative estimate of drug-likeness (QED) is 0.343. The Morgan fingerprint density at radius 3 is 2.68 bits per heavy atom. The Labute approximate surface area is 188 Å². The van der Waals surface area contributed by atoms with Crippen LogP contribution in [-0.4, -0.2) is 28.6 Å². The van der Waals surface area contributed by atoms with Gasteiger partial charge < -0.3 is 4.74 Å². The number of Topliss-reactive ketones (excluding diaryl/α,β-unsaturated/α-hetero) is 1. The number of thioether (sulfide) groups is 1. The molecule has 4 aromatic rings. The third-order valence-electron chi connectivity index (χ3n) is 4.78. The lowest BCUT2D eigenvalue weighted by Crippen LogP contribution is -2.13. The summed E-state index contributed by atoms with van der Waals surface area (Å²) in [6, 6.07) is 20.0. The second kappa shape index (κ2) is 9.29. The van der Waals surface area contributed by atoms with Crippen molar-refractivity contribution in [3.05, 3.63) is 70.7 Å². The van der Waals surface area contributed by atoms with Gasteiger partial charge in [0.2, 0.25) is 0 Å². The van der Waals surface area contributed by atoms with Crippen LogP contribution in [0.3, 0.4) is 0 Å². The predicted octanol–water partition coefficient (Wildman–Crippen LogP) is 5.64. The van der Waals surface area contributed by atoms with Crippen molar-refractivity contribution in [3.8, 4) is 22.9 Å². The molecule has 0 saturated heterocycles. The van der Waals surface area contributed by atoms with Crippen LogP contribution in [0.15, 0.2) is 65.0 Å². The van der Waals surface area contributed by atoms with Crippen LogP contribution in [0.1, 0.15) is 16.6 Å². The number of nitriles is 1. The van der Waals surface area contributed by atoms with Gasteiger partial charge in [-0.2, -0.15) is 5.26 Å². The van der Waals surface area contributed by atoms with E-state index in [1.807, 2.05) is 54.8 Å². The van der Waals surface area contributed by atoms with Crippen molar-refractivity contribution in [2.75, 3.05) is 12.9 Å². The molecule has 0 spiro atoms. The molecular weight excluding hydrogens is 426 g/mol. The smallest absolute Gasteiger partial charge is 0.167 e. The first-order valence-electron chi connectivity index (χ1n) is 9.60. The first kappa shape index (κ1) is 21.0. The fourth-order valence-electron chi connectivity index (χ4n) is 3.24. The van der Waals surface area contributed by atoms with E-state index in [0.29, 0.717) is 5.01 Å². The van der Waals surface area contributed by atoms with Gasteiger partial charge in [0.25, 0.3) is 0 Å². The number of ether oxygens (including phenoxy) is 1. The maximum Gasteiger partial charge on any atom is 0.167 e. The van der Waals surface area contributed by atoms with E-state index in [9.17, 15) is 10.1 Å². The Hall–Kier alpha value is -3.21. The van der Waals surface area contributed by atoms with Crippen molar-refractivity contribution in [1.82, 2.24) is 9.97 Å². The van der Waals surface area contributed by atoms with Crippen LogP contribution in [0, 0.1) is 18.3 Å². The molecule has 31 heavy (non-hydrogen) atoms. The summed E-state index contributed by atoms with van der Waals surface area (Å²) in [6.07, 6.45) is 0. The molecule has 0 bridgehead atoms. The van der Waals surface area contributed by atoms with Crippen LogP contribution >= 0.6 is 23.1 Å². The summed E-state index contributed by atoms with van der Waals surface area (Å²) in [4.78, 5) is 21.8. The molecule has 5 nitrogen and oxygen atoms in total. The highest BCUT2D eigenvalue weighted by Gasteiger charge is 2.23. The molecule has 0 aliphatic carbocycles. The molecule has 2 aromatic heterocycles. The second-order valence-electron chi connectivity index (χ2n) is 6.90. The molecule has 0 aliphatic heterocycles. The molecule has 2 aromatic carbocycles. The van der Waals surface area contributed by atoms with E-state index in [-0.39, 0.29) is 11.5 Å². The molecule has 0 fully saturated rings. The number of aryl methyl sites for hydroxylation is 1. The molecule has 0 amide bonds. The zero-order valence-corrected chi connectivity index (χ0v) is 18.7. The summed E-state index contributed by atoms with van der Waals surface area (Å²) in [5.41, 5.74) is 3.72. The Kier molecular flexibility index (Phi) is 6.31. The van der Waals surface area contributed by atoms with Gasteiger partial charge in [-0.25, -0.2) is 9.97 Å². The number of hydrogen-bond acceptors (Lipinski definition) is 7. The number of rotatable bonds is 7. The Morgan fingerprint density at radius 1 is 1.19 bits per heavy atom. The van der Waals surface area contributed by atoms with E-state index < -0.39 is 5.92 Å². The predicted molar refractivity (Wildman–Crippen MR) is 125 cm³/mol. The summed E-state index contributed by atoms with van der Waals surface area (Å²) < 4.78 is 5.36. The Balaban J connectivity index is 1.66. The van der Waals surface area contributed by atoms with Crippen LogP contribution in [0.2, 0.25) is 0 Å². The highest BCUT2D eigenvalue weighted by molar-refractivity contribution is 7.99. The summed E-state index contributed by atoms with van der Waals surface area (Å²) in [5.74, 6) is -0.148. The minimum absolute atomic E-state index is 0.146.